The molecular formula is C27H38N2O6S. The van der Waals surface area contributed by atoms with E-state index >= 15 is 0 Å². The number of carbonyl (C=O) groups excluding carboxylic acids is 2. The number of aryl methyl sites for hydroxylation is 1. The summed E-state index contributed by atoms with van der Waals surface area (Å²) < 4.78 is 11.6. The minimum absolute atomic E-state index is 0.179. The summed E-state index contributed by atoms with van der Waals surface area (Å²) in [4.78, 5) is 30.6. The average molecular weight is 519 g/mol. The number of aromatic nitrogens is 1. The van der Waals surface area contributed by atoms with Crippen LogP contribution in [-0.4, -0.2) is 57.0 Å². The van der Waals surface area contributed by atoms with Gasteiger partial charge in [-0.15, -0.1) is 11.3 Å². The quantitative estimate of drug-likeness (QED) is 0.444. The molecule has 0 amide bonds. The standard InChI is InChI=1S/C27H38N2O6S/c1-15-8-7-9-27(14-28)22(35-27)11-20(16(2)10-19-13-36-18(4)29-19)34-23(31)12-21(30)26(5,6)25(33)17(3)24(15)32/h10,13,15,17,20-22,24,30,32H,7-9,11-12H2,1-6H3/b16-10+/t15-,17+,20-,21-,22-,24-,27-/m0/s1. The molecule has 3 heterocycles. The van der Waals surface area contributed by atoms with Gasteiger partial charge in [-0.3, -0.25) is 9.59 Å². The first-order chi connectivity index (χ1) is 16.8. The number of aliphatic hydroxyl groups is 2. The van der Waals surface area contributed by atoms with Gasteiger partial charge in [0.05, 0.1) is 34.7 Å². The Morgan fingerprint density at radius 2 is 2.00 bits per heavy atom. The maximum absolute atomic E-state index is 13.2. The molecule has 0 aliphatic carbocycles. The summed E-state index contributed by atoms with van der Waals surface area (Å²) in [5.74, 6) is -1.85. The lowest BCUT2D eigenvalue weighted by molar-refractivity contribution is -0.154. The summed E-state index contributed by atoms with van der Waals surface area (Å²) in [5.41, 5.74) is -0.682. The Balaban J connectivity index is 1.89. The van der Waals surface area contributed by atoms with Gasteiger partial charge in [0.2, 0.25) is 0 Å². The molecule has 198 valence electrons. The van der Waals surface area contributed by atoms with Crippen LogP contribution in [0.25, 0.3) is 6.08 Å². The van der Waals surface area contributed by atoms with Crippen molar-refractivity contribution < 1.29 is 29.3 Å². The fourth-order valence-corrected chi connectivity index (χ4v) is 5.57. The number of ether oxygens (including phenoxy) is 2. The Kier molecular flexibility index (Phi) is 8.77. The van der Waals surface area contributed by atoms with Crippen molar-refractivity contribution in [1.82, 2.24) is 4.98 Å². The number of carbonyl (C=O) groups is 2. The first-order valence-corrected chi connectivity index (χ1v) is 13.5. The molecule has 9 heteroatoms. The van der Waals surface area contributed by atoms with Crippen LogP contribution in [0.4, 0.5) is 0 Å². The van der Waals surface area contributed by atoms with Crippen LogP contribution in [0.5, 0.6) is 0 Å². The Morgan fingerprint density at radius 1 is 1.31 bits per heavy atom. The van der Waals surface area contributed by atoms with Gasteiger partial charge in [-0.1, -0.05) is 27.7 Å². The minimum Gasteiger partial charge on any atom is -0.458 e. The van der Waals surface area contributed by atoms with Crippen molar-refractivity contribution in [2.24, 2.45) is 17.3 Å². The number of aliphatic hydroxyl groups excluding tert-OH is 2. The lowest BCUT2D eigenvalue weighted by atomic mass is 9.73. The zero-order valence-corrected chi connectivity index (χ0v) is 22.8. The number of thiazole rings is 1. The monoisotopic (exact) mass is 518 g/mol. The molecule has 0 bridgehead atoms. The van der Waals surface area contributed by atoms with Gasteiger partial charge in [0.1, 0.15) is 24.1 Å². The van der Waals surface area contributed by atoms with Crippen molar-refractivity contribution >= 4 is 29.2 Å². The van der Waals surface area contributed by atoms with Crippen molar-refractivity contribution in [3.05, 3.63) is 21.7 Å². The fraction of sp³-hybridized carbons (Fsp3) is 0.704. The number of nitriles is 1. The van der Waals surface area contributed by atoms with Crippen LogP contribution in [-0.2, 0) is 19.1 Å². The number of esters is 1. The molecule has 0 aromatic carbocycles. The topological polar surface area (TPSA) is 133 Å². The van der Waals surface area contributed by atoms with E-state index in [-0.39, 0.29) is 18.1 Å². The number of hydrogen-bond acceptors (Lipinski definition) is 9. The summed E-state index contributed by atoms with van der Waals surface area (Å²) in [6.07, 6.45) is 0.311. The summed E-state index contributed by atoms with van der Waals surface area (Å²) in [6, 6.07) is 2.29. The molecule has 0 spiro atoms. The molecule has 0 radical (unpaired) electrons. The maximum atomic E-state index is 13.2. The van der Waals surface area contributed by atoms with Crippen LogP contribution in [0.1, 0.15) is 77.4 Å². The van der Waals surface area contributed by atoms with Gasteiger partial charge < -0.3 is 19.7 Å². The smallest absolute Gasteiger partial charge is 0.309 e. The molecule has 8 nitrogen and oxygen atoms in total. The van der Waals surface area contributed by atoms with Gasteiger partial charge in [0.25, 0.3) is 0 Å². The predicted octanol–water partition coefficient (Wildman–Crippen LogP) is 3.98. The molecule has 36 heavy (non-hydrogen) atoms. The number of epoxide rings is 1. The van der Waals surface area contributed by atoms with E-state index < -0.39 is 47.3 Å². The van der Waals surface area contributed by atoms with E-state index in [0.29, 0.717) is 25.7 Å². The van der Waals surface area contributed by atoms with Crippen molar-refractivity contribution in [3.63, 3.8) is 0 Å². The molecule has 2 fully saturated rings. The van der Waals surface area contributed by atoms with Gasteiger partial charge in [-0.25, -0.2) is 4.98 Å². The zero-order chi connectivity index (χ0) is 26.8. The second-order valence-corrected chi connectivity index (χ2v) is 12.0. The van der Waals surface area contributed by atoms with Crippen molar-refractivity contribution in [2.75, 3.05) is 0 Å². The molecule has 1 aromatic heterocycles. The summed E-state index contributed by atoms with van der Waals surface area (Å²) in [7, 11) is 0. The third-order valence-corrected chi connectivity index (χ3v) is 8.56. The molecule has 1 aromatic rings. The zero-order valence-electron chi connectivity index (χ0n) is 22.0. The molecule has 7 atom stereocenters. The van der Waals surface area contributed by atoms with Gasteiger partial charge in [0.15, 0.2) is 5.60 Å². The number of Topliss-reactive ketones (excluding diaryl/α,β-unsaturated/α-hetero) is 1. The number of cyclic esters (lactones) is 1. The molecule has 2 saturated heterocycles. The van der Waals surface area contributed by atoms with E-state index in [9.17, 15) is 25.1 Å². The van der Waals surface area contributed by atoms with E-state index in [1.165, 1.54) is 11.3 Å². The van der Waals surface area contributed by atoms with Gasteiger partial charge in [0, 0.05) is 17.7 Å². The lowest BCUT2D eigenvalue weighted by Crippen LogP contribution is -2.45. The Hall–Kier alpha value is -2.12. The molecule has 2 aliphatic heterocycles. The number of rotatable bonds is 2. The van der Waals surface area contributed by atoms with Crippen LogP contribution in [0.2, 0.25) is 0 Å². The average Bonchev–Trinajstić information content (AvgIpc) is 3.35. The number of fused-ring (bicyclic) bond motifs is 1. The first-order valence-electron chi connectivity index (χ1n) is 12.6. The summed E-state index contributed by atoms with van der Waals surface area (Å²) in [6.45, 7) is 10.5. The first kappa shape index (κ1) is 28.5. The molecule has 0 unspecified atom stereocenters. The van der Waals surface area contributed by atoms with Crippen LogP contribution in [0, 0.1) is 35.5 Å². The lowest BCUT2D eigenvalue weighted by Gasteiger charge is -2.34. The van der Waals surface area contributed by atoms with Crippen LogP contribution < -0.4 is 0 Å². The number of nitrogens with zero attached hydrogens (tertiary/aromatic N) is 2. The Morgan fingerprint density at radius 3 is 2.61 bits per heavy atom. The largest absolute Gasteiger partial charge is 0.458 e. The summed E-state index contributed by atoms with van der Waals surface area (Å²) in [5, 5.41) is 34.4. The third-order valence-electron chi connectivity index (χ3n) is 7.77. The second kappa shape index (κ2) is 11.1. The highest BCUT2D eigenvalue weighted by atomic mass is 32.1. The Bertz CT molecular complexity index is 1040. The Labute approximate surface area is 217 Å². The van der Waals surface area contributed by atoms with Crippen LogP contribution in [0.15, 0.2) is 11.0 Å². The van der Waals surface area contributed by atoms with E-state index in [0.717, 1.165) is 16.3 Å². The van der Waals surface area contributed by atoms with Crippen LogP contribution >= 0.6 is 11.3 Å². The molecular weight excluding hydrogens is 480 g/mol. The highest BCUT2D eigenvalue weighted by Gasteiger charge is 2.57. The molecule has 2 N–H and O–H groups in total. The highest BCUT2D eigenvalue weighted by molar-refractivity contribution is 7.09. The van der Waals surface area contributed by atoms with Crippen molar-refractivity contribution in [1.29, 1.82) is 5.26 Å². The van der Waals surface area contributed by atoms with Gasteiger partial charge >= 0.3 is 5.97 Å². The van der Waals surface area contributed by atoms with Crippen LogP contribution in [0.3, 0.4) is 0 Å². The molecule has 0 saturated carbocycles. The van der Waals surface area contributed by atoms with Gasteiger partial charge in [-0.2, -0.15) is 5.26 Å². The van der Waals surface area contributed by atoms with Crippen molar-refractivity contribution in [2.45, 2.75) is 104 Å². The third kappa shape index (κ3) is 6.23. The van der Waals surface area contributed by atoms with Gasteiger partial charge in [-0.05, 0) is 50.7 Å². The van der Waals surface area contributed by atoms with Crippen molar-refractivity contribution in [3.8, 4) is 6.07 Å². The van der Waals surface area contributed by atoms with E-state index in [1.807, 2.05) is 32.2 Å². The second-order valence-electron chi connectivity index (χ2n) is 11.0. The number of ketones is 1. The van der Waals surface area contributed by atoms with E-state index in [2.05, 4.69) is 11.1 Å². The van der Waals surface area contributed by atoms with E-state index in [4.69, 9.17) is 9.47 Å². The number of hydrogen-bond donors (Lipinski definition) is 2. The predicted molar refractivity (Wildman–Crippen MR) is 136 cm³/mol. The molecule has 3 rings (SSSR count). The van der Waals surface area contributed by atoms with E-state index in [1.54, 1.807) is 20.8 Å². The molecule has 2 aliphatic rings. The fourth-order valence-electron chi connectivity index (χ4n) is 5.00. The normalized spacial score (nSPS) is 36.5. The minimum atomic E-state index is -1.28. The SMILES string of the molecule is C/C(=C\c1csc(C)n1)[C@@H]1C[C@@H]2O[C@]2(C#N)CCC[C@H](C)[C@H](O)[C@@H](C)C(=O)C(C)(C)[C@@H](O)CC(=O)O1. The summed E-state index contributed by atoms with van der Waals surface area (Å²) >= 11 is 1.52. The highest BCUT2D eigenvalue weighted by Crippen LogP contribution is 2.45. The maximum Gasteiger partial charge on any atom is 0.309 e.